The highest BCUT2D eigenvalue weighted by Crippen LogP contribution is 2.41. The molecule has 2 heterocycles. The van der Waals surface area contributed by atoms with Gasteiger partial charge in [-0.05, 0) is 30.3 Å². The van der Waals surface area contributed by atoms with Crippen molar-refractivity contribution in [2.75, 3.05) is 0 Å². The number of alkyl halides is 6. The van der Waals surface area contributed by atoms with Gasteiger partial charge in [-0.25, -0.2) is 4.39 Å². The van der Waals surface area contributed by atoms with Crippen LogP contribution in [-0.4, -0.2) is 20.0 Å². The number of hydrogen-bond acceptors (Lipinski definition) is 5. The largest absolute Gasteiger partial charge is 0.504 e. The summed E-state index contributed by atoms with van der Waals surface area (Å²) < 4.78 is 99.4. The van der Waals surface area contributed by atoms with Crippen molar-refractivity contribution >= 4 is 11.0 Å². The van der Waals surface area contributed by atoms with E-state index in [9.17, 15) is 45.7 Å². The van der Waals surface area contributed by atoms with Crippen LogP contribution in [0, 0.1) is 5.82 Å². The number of aromatic hydroxyl groups is 2. The van der Waals surface area contributed by atoms with Crippen LogP contribution in [0.15, 0.2) is 51.9 Å². The van der Waals surface area contributed by atoms with Gasteiger partial charge in [-0.2, -0.15) is 31.4 Å². The van der Waals surface area contributed by atoms with Crippen molar-refractivity contribution < 1.29 is 45.4 Å². The fourth-order valence-corrected chi connectivity index (χ4v) is 3.32. The van der Waals surface area contributed by atoms with Gasteiger partial charge >= 0.3 is 12.4 Å². The summed E-state index contributed by atoms with van der Waals surface area (Å²) in [5.41, 5.74) is -5.07. The van der Waals surface area contributed by atoms with E-state index in [4.69, 9.17) is 4.42 Å². The molecule has 2 N–H and O–H groups in total. The highest BCUT2D eigenvalue weighted by atomic mass is 19.4. The van der Waals surface area contributed by atoms with Crippen LogP contribution in [0.5, 0.6) is 11.5 Å². The van der Waals surface area contributed by atoms with E-state index < -0.39 is 80.6 Å². The monoisotopic (exact) mass is 488 g/mol. The molecule has 0 atom stereocenters. The number of benzene rings is 2. The highest BCUT2D eigenvalue weighted by Gasteiger charge is 2.40. The number of hydrogen-bond donors (Lipinski definition) is 2. The zero-order valence-corrected chi connectivity index (χ0v) is 16.5. The second-order valence-corrected chi connectivity index (χ2v) is 7.17. The normalized spacial score (nSPS) is 12.4. The number of halogens is 7. The summed E-state index contributed by atoms with van der Waals surface area (Å²) in [5.74, 6) is -4.67. The lowest BCUT2D eigenvalue weighted by atomic mass is 10.0. The zero-order chi connectivity index (χ0) is 25.0. The number of rotatable bonds is 3. The van der Waals surface area contributed by atoms with Gasteiger partial charge in [0.2, 0.25) is 16.9 Å². The molecule has 178 valence electrons. The van der Waals surface area contributed by atoms with Crippen molar-refractivity contribution in [3.8, 4) is 22.6 Å². The Labute approximate surface area is 184 Å². The quantitative estimate of drug-likeness (QED) is 0.302. The van der Waals surface area contributed by atoms with Crippen molar-refractivity contribution in [1.29, 1.82) is 0 Å². The third kappa shape index (κ3) is 4.04. The minimum Gasteiger partial charge on any atom is -0.504 e. The van der Waals surface area contributed by atoms with Crippen molar-refractivity contribution in [1.82, 2.24) is 9.78 Å². The molecule has 0 aliphatic rings. The predicted octanol–water partition coefficient (Wildman–Crippen LogP) is 5.29. The second-order valence-electron chi connectivity index (χ2n) is 7.17. The van der Waals surface area contributed by atoms with Crippen LogP contribution < -0.4 is 5.43 Å². The van der Waals surface area contributed by atoms with Gasteiger partial charge in [-0.3, -0.25) is 9.48 Å². The van der Waals surface area contributed by atoms with E-state index in [1.165, 1.54) is 0 Å². The van der Waals surface area contributed by atoms with Gasteiger partial charge in [0.25, 0.3) is 0 Å². The number of fused-ring (bicyclic) bond motifs is 1. The first-order valence-corrected chi connectivity index (χ1v) is 9.24. The van der Waals surface area contributed by atoms with Crippen LogP contribution in [-0.2, 0) is 18.9 Å². The Morgan fingerprint density at radius 3 is 2.35 bits per heavy atom. The third-order valence-electron chi connectivity index (χ3n) is 4.90. The van der Waals surface area contributed by atoms with E-state index in [1.54, 1.807) is 0 Å². The summed E-state index contributed by atoms with van der Waals surface area (Å²) in [5, 5.41) is 22.6. The second kappa shape index (κ2) is 7.78. The molecule has 0 saturated heterocycles. The summed E-state index contributed by atoms with van der Waals surface area (Å²) in [6.45, 7) is -0.579. The van der Waals surface area contributed by atoms with Crippen LogP contribution in [0.4, 0.5) is 30.7 Å². The van der Waals surface area contributed by atoms with E-state index in [2.05, 4.69) is 5.10 Å². The standard InChI is InChI=1S/C21H11F7N2O4/c22-13-3-1-11(20(23,24)25)5-9(13)7-30-8-10(6-29-30)15-16(32)12-2-4-14(31)17(33)18(12)34-19(15)21(26,27)28/h1-6,8,31,33H,7H2. The first-order chi connectivity index (χ1) is 15.8. The predicted molar refractivity (Wildman–Crippen MR) is 103 cm³/mol. The van der Waals surface area contributed by atoms with Crippen LogP contribution in [0.2, 0.25) is 0 Å². The lowest BCUT2D eigenvalue weighted by Crippen LogP contribution is -2.16. The Hall–Kier alpha value is -4.03. The first kappa shape index (κ1) is 23.1. The highest BCUT2D eigenvalue weighted by molar-refractivity contribution is 5.88. The molecular weight excluding hydrogens is 477 g/mol. The molecule has 13 heteroatoms. The van der Waals surface area contributed by atoms with E-state index in [0.29, 0.717) is 18.2 Å². The van der Waals surface area contributed by atoms with Crippen LogP contribution in [0.3, 0.4) is 0 Å². The van der Waals surface area contributed by atoms with Gasteiger partial charge in [0.15, 0.2) is 11.3 Å². The zero-order valence-electron chi connectivity index (χ0n) is 16.5. The topological polar surface area (TPSA) is 88.5 Å². The molecule has 2 aromatic heterocycles. The van der Waals surface area contributed by atoms with Crippen molar-refractivity contribution in [2.45, 2.75) is 18.9 Å². The SMILES string of the molecule is O=c1c(-c2cnn(Cc3cc(C(F)(F)F)ccc3F)c2)c(C(F)(F)F)oc2c(O)c(O)ccc12. The van der Waals surface area contributed by atoms with Crippen LogP contribution >= 0.6 is 0 Å². The molecule has 4 rings (SSSR count). The van der Waals surface area contributed by atoms with Gasteiger partial charge in [0, 0.05) is 17.3 Å². The molecule has 6 nitrogen and oxygen atoms in total. The Bertz CT molecular complexity index is 1470. The molecule has 2 aromatic carbocycles. The Kier molecular flexibility index (Phi) is 5.30. The van der Waals surface area contributed by atoms with Crippen LogP contribution in [0.25, 0.3) is 22.1 Å². The molecule has 0 aliphatic heterocycles. The molecule has 0 bridgehead atoms. The van der Waals surface area contributed by atoms with E-state index >= 15 is 0 Å². The summed E-state index contributed by atoms with van der Waals surface area (Å²) in [4.78, 5) is 12.9. The summed E-state index contributed by atoms with van der Waals surface area (Å²) in [7, 11) is 0. The van der Waals surface area contributed by atoms with Crippen LogP contribution in [0.1, 0.15) is 16.9 Å². The average Bonchev–Trinajstić information content (AvgIpc) is 3.19. The Morgan fingerprint density at radius 1 is 1.00 bits per heavy atom. The van der Waals surface area contributed by atoms with Gasteiger partial charge in [0.1, 0.15) is 5.82 Å². The van der Waals surface area contributed by atoms with E-state index in [1.807, 2.05) is 0 Å². The summed E-state index contributed by atoms with van der Waals surface area (Å²) in [6, 6.07) is 3.51. The Balaban J connectivity index is 1.84. The van der Waals surface area contributed by atoms with Gasteiger partial charge in [0.05, 0.1) is 29.3 Å². The maximum Gasteiger partial charge on any atom is 0.450 e. The molecular formula is C21H11F7N2O4. The molecule has 0 spiro atoms. The molecule has 0 radical (unpaired) electrons. The lowest BCUT2D eigenvalue weighted by Gasteiger charge is -2.12. The minimum absolute atomic E-state index is 0.414. The van der Waals surface area contributed by atoms with Crippen molar-refractivity contribution in [3.63, 3.8) is 0 Å². The van der Waals surface area contributed by atoms with Crippen molar-refractivity contribution in [3.05, 3.63) is 75.7 Å². The smallest absolute Gasteiger partial charge is 0.450 e. The average molecular weight is 488 g/mol. The van der Waals surface area contributed by atoms with Gasteiger partial charge < -0.3 is 14.6 Å². The fourth-order valence-electron chi connectivity index (χ4n) is 3.32. The summed E-state index contributed by atoms with van der Waals surface area (Å²) in [6.07, 6.45) is -8.22. The van der Waals surface area contributed by atoms with Gasteiger partial charge in [-0.1, -0.05) is 0 Å². The molecule has 0 amide bonds. The summed E-state index contributed by atoms with van der Waals surface area (Å²) >= 11 is 0. The van der Waals surface area contributed by atoms with E-state index in [0.717, 1.165) is 29.2 Å². The minimum atomic E-state index is -5.21. The van der Waals surface area contributed by atoms with Gasteiger partial charge in [-0.15, -0.1) is 0 Å². The Morgan fingerprint density at radius 2 is 1.71 bits per heavy atom. The molecule has 0 saturated carbocycles. The molecule has 34 heavy (non-hydrogen) atoms. The number of nitrogens with zero attached hydrogens (tertiary/aromatic N) is 2. The van der Waals surface area contributed by atoms with E-state index in [-0.39, 0.29) is 0 Å². The first-order valence-electron chi connectivity index (χ1n) is 9.24. The molecule has 0 fully saturated rings. The fraction of sp³-hybridized carbons (Fsp3) is 0.143. The van der Waals surface area contributed by atoms with Crippen molar-refractivity contribution in [2.24, 2.45) is 0 Å². The number of aromatic nitrogens is 2. The number of phenols is 2. The molecule has 0 aliphatic carbocycles. The maximum absolute atomic E-state index is 14.0. The lowest BCUT2D eigenvalue weighted by molar-refractivity contribution is -0.152. The third-order valence-corrected chi connectivity index (χ3v) is 4.90. The maximum atomic E-state index is 14.0. The molecule has 4 aromatic rings. The molecule has 0 unspecified atom stereocenters. The number of phenolic OH excluding ortho intramolecular Hbond substituents is 2.